The van der Waals surface area contributed by atoms with Crippen LogP contribution in [-0.2, 0) is 20.8 Å². The number of carbonyl (C=O) groups excluding carboxylic acids is 3. The van der Waals surface area contributed by atoms with E-state index in [1.54, 1.807) is 11.5 Å². The van der Waals surface area contributed by atoms with Gasteiger partial charge in [-0.2, -0.15) is 4.99 Å². The molecular weight excluding hydrogens is 428 g/mol. The third-order valence-electron chi connectivity index (χ3n) is 4.92. The van der Waals surface area contributed by atoms with Crippen molar-refractivity contribution in [1.82, 2.24) is 4.57 Å². The van der Waals surface area contributed by atoms with Crippen molar-refractivity contribution in [2.24, 2.45) is 4.99 Å². The summed E-state index contributed by atoms with van der Waals surface area (Å²) in [5, 5.41) is 2.07. The van der Waals surface area contributed by atoms with Gasteiger partial charge in [0, 0.05) is 10.9 Å². The molecule has 1 heterocycles. The van der Waals surface area contributed by atoms with Gasteiger partial charge in [0.2, 0.25) is 0 Å². The molecule has 0 saturated heterocycles. The van der Waals surface area contributed by atoms with E-state index in [0.717, 1.165) is 21.0 Å². The van der Waals surface area contributed by atoms with Crippen LogP contribution < -0.4 is 4.80 Å². The molecule has 162 valence electrons. The molecule has 0 aliphatic heterocycles. The van der Waals surface area contributed by atoms with Crippen molar-refractivity contribution >= 4 is 50.2 Å². The predicted molar refractivity (Wildman–Crippen MR) is 122 cm³/mol. The first-order valence-electron chi connectivity index (χ1n) is 9.96. The molecule has 0 N–H and O–H groups in total. The number of aromatic nitrogens is 1. The minimum Gasteiger partial charge on any atom is -0.465 e. The summed E-state index contributed by atoms with van der Waals surface area (Å²) in [5.41, 5.74) is 1.46. The van der Waals surface area contributed by atoms with E-state index >= 15 is 0 Å². The first kappa shape index (κ1) is 21.5. The van der Waals surface area contributed by atoms with Gasteiger partial charge in [-0.3, -0.25) is 9.59 Å². The Morgan fingerprint density at radius 2 is 1.69 bits per heavy atom. The molecule has 0 radical (unpaired) electrons. The van der Waals surface area contributed by atoms with E-state index in [-0.39, 0.29) is 13.2 Å². The van der Waals surface area contributed by atoms with Crippen LogP contribution in [0.1, 0.15) is 27.6 Å². The lowest BCUT2D eigenvalue weighted by atomic mass is 10.1. The van der Waals surface area contributed by atoms with Gasteiger partial charge in [0.1, 0.15) is 6.54 Å². The molecule has 0 aliphatic carbocycles. The Hall–Kier alpha value is -3.78. The zero-order valence-corrected chi connectivity index (χ0v) is 18.3. The van der Waals surface area contributed by atoms with Crippen molar-refractivity contribution in [2.75, 3.05) is 13.7 Å². The number of amides is 1. The third-order valence-corrected chi connectivity index (χ3v) is 6.04. The van der Waals surface area contributed by atoms with Crippen LogP contribution in [0.2, 0.25) is 0 Å². The molecule has 1 amide bonds. The average molecular weight is 449 g/mol. The van der Waals surface area contributed by atoms with Crippen molar-refractivity contribution in [2.45, 2.75) is 13.5 Å². The lowest BCUT2D eigenvalue weighted by Gasteiger charge is -2.06. The predicted octanol–water partition coefficient (Wildman–Crippen LogP) is 3.95. The van der Waals surface area contributed by atoms with Crippen LogP contribution in [0.5, 0.6) is 0 Å². The molecule has 32 heavy (non-hydrogen) atoms. The molecule has 0 atom stereocenters. The molecule has 0 spiro atoms. The van der Waals surface area contributed by atoms with Gasteiger partial charge in [0.05, 0.1) is 29.5 Å². The van der Waals surface area contributed by atoms with E-state index in [1.165, 1.54) is 42.7 Å². The fourth-order valence-corrected chi connectivity index (χ4v) is 4.55. The largest absolute Gasteiger partial charge is 0.465 e. The number of hydrogen-bond acceptors (Lipinski definition) is 6. The fraction of sp³-hybridized carbons (Fsp3) is 0.167. The van der Waals surface area contributed by atoms with Crippen molar-refractivity contribution in [1.29, 1.82) is 0 Å². The van der Waals surface area contributed by atoms with Crippen LogP contribution in [0.25, 0.3) is 21.0 Å². The summed E-state index contributed by atoms with van der Waals surface area (Å²) in [5.74, 6) is -1.36. The maximum absolute atomic E-state index is 12.9. The fourth-order valence-electron chi connectivity index (χ4n) is 3.39. The average Bonchev–Trinajstić information content (AvgIpc) is 3.16. The molecule has 4 rings (SSSR count). The summed E-state index contributed by atoms with van der Waals surface area (Å²) in [4.78, 5) is 41.4. The summed E-state index contributed by atoms with van der Waals surface area (Å²) < 4.78 is 12.4. The minimum atomic E-state index is -0.482. The SMILES string of the molecule is CCOC(=O)Cn1c(=NC(=O)c2ccc(C(=O)OC)cc2)sc2c3ccccc3ccc21. The highest BCUT2D eigenvalue weighted by Gasteiger charge is 2.15. The molecule has 0 fully saturated rings. The number of benzene rings is 3. The van der Waals surface area contributed by atoms with Crippen molar-refractivity contribution in [3.63, 3.8) is 0 Å². The molecule has 0 unspecified atom stereocenters. The molecule has 0 bridgehead atoms. The number of ether oxygens (including phenoxy) is 2. The van der Waals surface area contributed by atoms with Crippen molar-refractivity contribution in [3.8, 4) is 0 Å². The van der Waals surface area contributed by atoms with Crippen LogP contribution in [0, 0.1) is 0 Å². The highest BCUT2D eigenvalue weighted by atomic mass is 32.1. The number of nitrogens with zero attached hydrogens (tertiary/aromatic N) is 2. The highest BCUT2D eigenvalue weighted by Crippen LogP contribution is 2.27. The molecule has 3 aromatic carbocycles. The Morgan fingerprint density at radius 3 is 2.41 bits per heavy atom. The van der Waals surface area contributed by atoms with Gasteiger partial charge in [-0.25, -0.2) is 4.79 Å². The van der Waals surface area contributed by atoms with Gasteiger partial charge < -0.3 is 14.0 Å². The first-order chi connectivity index (χ1) is 15.5. The Bertz CT molecular complexity index is 1400. The maximum Gasteiger partial charge on any atom is 0.337 e. The summed E-state index contributed by atoms with van der Waals surface area (Å²) in [6.45, 7) is 1.95. The Labute approximate surface area is 187 Å². The second kappa shape index (κ2) is 9.15. The van der Waals surface area contributed by atoms with E-state index in [1.807, 2.05) is 36.4 Å². The quantitative estimate of drug-likeness (QED) is 0.432. The van der Waals surface area contributed by atoms with E-state index in [0.29, 0.717) is 15.9 Å². The Kier molecular flexibility index (Phi) is 6.13. The molecule has 0 aliphatic rings. The maximum atomic E-state index is 12.9. The standard InChI is InChI=1S/C24H20N2O5S/c1-3-31-20(27)14-26-19-13-12-15-6-4-5-7-18(15)21(19)32-24(26)25-22(28)16-8-10-17(11-9-16)23(29)30-2/h4-13H,3,14H2,1-2H3. The van der Waals surface area contributed by atoms with Crippen molar-refractivity contribution < 1.29 is 23.9 Å². The van der Waals surface area contributed by atoms with Crippen LogP contribution in [0.4, 0.5) is 0 Å². The van der Waals surface area contributed by atoms with Gasteiger partial charge in [-0.1, -0.05) is 41.7 Å². The van der Waals surface area contributed by atoms with Gasteiger partial charge >= 0.3 is 11.9 Å². The minimum absolute atomic E-state index is 0.0560. The third kappa shape index (κ3) is 4.17. The van der Waals surface area contributed by atoms with E-state index in [9.17, 15) is 14.4 Å². The van der Waals surface area contributed by atoms with Gasteiger partial charge in [0.25, 0.3) is 5.91 Å². The van der Waals surface area contributed by atoms with Crippen LogP contribution in [0.3, 0.4) is 0 Å². The smallest absolute Gasteiger partial charge is 0.337 e. The lowest BCUT2D eigenvalue weighted by Crippen LogP contribution is -2.23. The van der Waals surface area contributed by atoms with E-state index < -0.39 is 17.8 Å². The van der Waals surface area contributed by atoms with Crippen LogP contribution >= 0.6 is 11.3 Å². The summed E-state index contributed by atoms with van der Waals surface area (Å²) >= 11 is 1.34. The van der Waals surface area contributed by atoms with Crippen molar-refractivity contribution in [3.05, 3.63) is 76.6 Å². The normalized spacial score (nSPS) is 11.6. The monoisotopic (exact) mass is 448 g/mol. The molecule has 0 saturated carbocycles. The number of hydrogen-bond donors (Lipinski definition) is 0. The topological polar surface area (TPSA) is 87.0 Å². The second-order valence-electron chi connectivity index (χ2n) is 6.90. The highest BCUT2D eigenvalue weighted by molar-refractivity contribution is 7.17. The van der Waals surface area contributed by atoms with Crippen LogP contribution in [0.15, 0.2) is 65.7 Å². The number of rotatable bonds is 5. The zero-order valence-electron chi connectivity index (χ0n) is 17.5. The Morgan fingerprint density at radius 1 is 0.969 bits per heavy atom. The second-order valence-corrected chi connectivity index (χ2v) is 7.87. The number of fused-ring (bicyclic) bond motifs is 3. The molecular formula is C24H20N2O5S. The van der Waals surface area contributed by atoms with E-state index in [2.05, 4.69) is 9.73 Å². The van der Waals surface area contributed by atoms with E-state index in [4.69, 9.17) is 4.74 Å². The molecule has 7 nitrogen and oxygen atoms in total. The molecule has 1 aromatic heterocycles. The first-order valence-corrected chi connectivity index (χ1v) is 10.8. The zero-order chi connectivity index (χ0) is 22.7. The summed E-state index contributed by atoms with van der Waals surface area (Å²) in [7, 11) is 1.30. The number of thiazole rings is 1. The summed E-state index contributed by atoms with van der Waals surface area (Å²) in [6, 6.07) is 17.9. The van der Waals surface area contributed by atoms with Crippen LogP contribution in [-0.4, -0.2) is 36.1 Å². The van der Waals surface area contributed by atoms with Gasteiger partial charge in [0.15, 0.2) is 4.80 Å². The molecule has 8 heteroatoms. The lowest BCUT2D eigenvalue weighted by molar-refractivity contribution is -0.143. The Balaban J connectivity index is 1.83. The molecule has 4 aromatic rings. The van der Waals surface area contributed by atoms with Gasteiger partial charge in [-0.05, 0) is 42.6 Å². The number of methoxy groups -OCH3 is 1. The number of esters is 2. The summed E-state index contributed by atoms with van der Waals surface area (Å²) in [6.07, 6.45) is 0. The van der Waals surface area contributed by atoms with Gasteiger partial charge in [-0.15, -0.1) is 0 Å². The number of carbonyl (C=O) groups is 3.